The molecule has 0 aliphatic carbocycles. The topological polar surface area (TPSA) is 55.2 Å². The van der Waals surface area contributed by atoms with Crippen LogP contribution in [-0.4, -0.2) is 4.92 Å². The lowest BCUT2D eigenvalue weighted by atomic mass is 10.0. The second kappa shape index (κ2) is 6.35. The van der Waals surface area contributed by atoms with Crippen LogP contribution in [0, 0.1) is 15.9 Å². The third-order valence-corrected chi connectivity index (χ3v) is 3.28. The Morgan fingerprint density at radius 3 is 2.38 bits per heavy atom. The van der Waals surface area contributed by atoms with Crippen molar-refractivity contribution in [3.05, 3.63) is 69.5 Å². The zero-order chi connectivity index (χ0) is 15.4. The molecule has 21 heavy (non-hydrogen) atoms. The number of nitrogens with zero attached hydrogens (tertiary/aromatic N) is 1. The van der Waals surface area contributed by atoms with Crippen LogP contribution in [0.15, 0.2) is 42.5 Å². The lowest BCUT2D eigenvalue weighted by molar-refractivity contribution is -0.387. The third kappa shape index (κ3) is 3.78. The van der Waals surface area contributed by atoms with Gasteiger partial charge in [-0.3, -0.25) is 10.1 Å². The first kappa shape index (κ1) is 15.0. The van der Waals surface area contributed by atoms with Crippen molar-refractivity contribution in [1.29, 1.82) is 0 Å². The van der Waals surface area contributed by atoms with Gasteiger partial charge >= 0.3 is 5.69 Å². The minimum atomic E-state index is -0.811. The largest absolute Gasteiger partial charge is 0.381 e. The van der Waals surface area contributed by atoms with Gasteiger partial charge < -0.3 is 5.32 Å². The van der Waals surface area contributed by atoms with Crippen LogP contribution in [0.1, 0.15) is 30.9 Å². The highest BCUT2D eigenvalue weighted by Crippen LogP contribution is 2.20. The summed E-state index contributed by atoms with van der Waals surface area (Å²) in [5, 5.41) is 13.7. The zero-order valence-corrected chi connectivity index (χ0v) is 12.0. The molecule has 2 rings (SSSR count). The molecule has 0 saturated carbocycles. The number of halogens is 1. The quantitative estimate of drug-likeness (QED) is 0.652. The molecule has 0 radical (unpaired) electrons. The molecule has 110 valence electrons. The fraction of sp³-hybridized carbons (Fsp3) is 0.250. The summed E-state index contributed by atoms with van der Waals surface area (Å²) in [5.74, 6) is -0.336. The summed E-state index contributed by atoms with van der Waals surface area (Å²) in [6.45, 7) is 4.67. The van der Waals surface area contributed by atoms with Crippen molar-refractivity contribution in [2.45, 2.75) is 26.3 Å². The monoisotopic (exact) mass is 288 g/mol. The van der Waals surface area contributed by atoms with Crippen LogP contribution in [0.4, 0.5) is 15.8 Å². The number of hydrogen-bond donors (Lipinski definition) is 1. The van der Waals surface area contributed by atoms with Gasteiger partial charge in [0.1, 0.15) is 0 Å². The van der Waals surface area contributed by atoms with Gasteiger partial charge in [0, 0.05) is 18.3 Å². The maximum atomic E-state index is 13.5. The number of anilines is 1. The fourth-order valence-electron chi connectivity index (χ4n) is 2.00. The van der Waals surface area contributed by atoms with Crippen molar-refractivity contribution in [1.82, 2.24) is 0 Å². The number of rotatable bonds is 5. The minimum absolute atomic E-state index is 0.413. The highest BCUT2D eigenvalue weighted by Gasteiger charge is 2.13. The van der Waals surface area contributed by atoms with E-state index < -0.39 is 16.4 Å². The number of hydrogen-bond acceptors (Lipinski definition) is 3. The lowest BCUT2D eigenvalue weighted by Gasteiger charge is -2.09. The predicted molar refractivity (Wildman–Crippen MR) is 80.9 cm³/mol. The van der Waals surface area contributed by atoms with Gasteiger partial charge in [-0.2, -0.15) is 4.39 Å². The van der Waals surface area contributed by atoms with E-state index in [-0.39, 0.29) is 0 Å². The number of benzene rings is 2. The first-order chi connectivity index (χ1) is 9.97. The lowest BCUT2D eigenvalue weighted by Crippen LogP contribution is -2.01. The molecule has 0 aliphatic heterocycles. The molecule has 0 amide bonds. The molecular weight excluding hydrogens is 271 g/mol. The van der Waals surface area contributed by atoms with Crippen molar-refractivity contribution in [3.8, 4) is 0 Å². The molecule has 0 aliphatic rings. The fourth-order valence-corrected chi connectivity index (χ4v) is 2.00. The Kier molecular flexibility index (Phi) is 4.52. The van der Waals surface area contributed by atoms with E-state index in [1.165, 1.54) is 17.7 Å². The summed E-state index contributed by atoms with van der Waals surface area (Å²) in [5.41, 5.74) is 2.34. The standard InChI is InChI=1S/C16H17FN2O2/c1-11(2)13-4-6-14(7-5-13)18-10-12-3-8-16(19(20)21)15(17)9-12/h3-9,11,18H,10H2,1-2H3. The Hall–Kier alpha value is -2.43. The van der Waals surface area contributed by atoms with E-state index in [0.717, 1.165) is 5.69 Å². The van der Waals surface area contributed by atoms with Crippen molar-refractivity contribution < 1.29 is 9.31 Å². The van der Waals surface area contributed by atoms with Crippen molar-refractivity contribution in [2.75, 3.05) is 5.32 Å². The van der Waals surface area contributed by atoms with Gasteiger partial charge in [0.2, 0.25) is 5.82 Å². The molecule has 0 saturated heterocycles. The van der Waals surface area contributed by atoms with Crippen molar-refractivity contribution in [3.63, 3.8) is 0 Å². The number of nitrogens with one attached hydrogen (secondary N) is 1. The Balaban J connectivity index is 2.03. The molecule has 0 aromatic heterocycles. The Morgan fingerprint density at radius 2 is 1.86 bits per heavy atom. The highest BCUT2D eigenvalue weighted by atomic mass is 19.1. The molecule has 2 aromatic rings. The molecule has 0 bridgehead atoms. The minimum Gasteiger partial charge on any atom is -0.381 e. The maximum absolute atomic E-state index is 13.5. The summed E-state index contributed by atoms with van der Waals surface area (Å²) < 4.78 is 13.5. The Labute approximate surface area is 122 Å². The molecule has 0 heterocycles. The van der Waals surface area contributed by atoms with Crippen LogP contribution >= 0.6 is 0 Å². The van der Waals surface area contributed by atoms with E-state index in [1.54, 1.807) is 6.07 Å². The summed E-state index contributed by atoms with van der Waals surface area (Å²) in [6.07, 6.45) is 0. The van der Waals surface area contributed by atoms with Gasteiger partial charge in [0.25, 0.3) is 0 Å². The van der Waals surface area contributed by atoms with E-state index in [1.807, 2.05) is 24.3 Å². The van der Waals surface area contributed by atoms with Crippen LogP contribution in [0.5, 0.6) is 0 Å². The van der Waals surface area contributed by atoms with Crippen molar-refractivity contribution >= 4 is 11.4 Å². The van der Waals surface area contributed by atoms with E-state index in [4.69, 9.17) is 0 Å². The smallest absolute Gasteiger partial charge is 0.304 e. The van der Waals surface area contributed by atoms with Crippen LogP contribution in [0.25, 0.3) is 0 Å². The second-order valence-electron chi connectivity index (χ2n) is 5.17. The molecule has 5 heteroatoms. The summed E-state index contributed by atoms with van der Waals surface area (Å²) >= 11 is 0. The van der Waals surface area contributed by atoms with Crippen LogP contribution < -0.4 is 5.32 Å². The average molecular weight is 288 g/mol. The SMILES string of the molecule is CC(C)c1ccc(NCc2ccc([N+](=O)[O-])c(F)c2)cc1. The second-order valence-corrected chi connectivity index (χ2v) is 5.17. The van der Waals surface area contributed by atoms with Gasteiger partial charge in [-0.25, -0.2) is 0 Å². The van der Waals surface area contributed by atoms with Crippen LogP contribution in [0.2, 0.25) is 0 Å². The zero-order valence-electron chi connectivity index (χ0n) is 12.0. The normalized spacial score (nSPS) is 10.7. The van der Waals surface area contributed by atoms with Gasteiger partial charge in [0.15, 0.2) is 0 Å². The molecule has 1 N–H and O–H groups in total. The average Bonchev–Trinajstić information content (AvgIpc) is 2.45. The summed E-state index contributed by atoms with van der Waals surface area (Å²) in [4.78, 5) is 9.82. The molecule has 0 atom stereocenters. The van der Waals surface area contributed by atoms with Gasteiger partial charge in [0.05, 0.1) is 4.92 Å². The van der Waals surface area contributed by atoms with Crippen molar-refractivity contribution in [2.24, 2.45) is 0 Å². The molecule has 0 fully saturated rings. The number of nitro groups is 1. The van der Waals surface area contributed by atoms with Gasteiger partial charge in [-0.05, 0) is 35.2 Å². The molecule has 4 nitrogen and oxygen atoms in total. The van der Waals surface area contributed by atoms with Crippen LogP contribution in [-0.2, 0) is 6.54 Å². The third-order valence-electron chi connectivity index (χ3n) is 3.28. The number of nitro benzene ring substituents is 1. The van der Waals surface area contributed by atoms with E-state index >= 15 is 0 Å². The molecule has 2 aromatic carbocycles. The Morgan fingerprint density at radius 1 is 1.19 bits per heavy atom. The molecule has 0 unspecified atom stereocenters. The first-order valence-corrected chi connectivity index (χ1v) is 6.74. The molecule has 0 spiro atoms. The Bertz CT molecular complexity index is 639. The van der Waals surface area contributed by atoms with E-state index in [2.05, 4.69) is 19.2 Å². The summed E-state index contributed by atoms with van der Waals surface area (Å²) in [7, 11) is 0. The maximum Gasteiger partial charge on any atom is 0.304 e. The van der Waals surface area contributed by atoms with Gasteiger partial charge in [-0.15, -0.1) is 0 Å². The van der Waals surface area contributed by atoms with E-state index in [9.17, 15) is 14.5 Å². The predicted octanol–water partition coefficient (Wildman–Crippen LogP) is 4.47. The summed E-state index contributed by atoms with van der Waals surface area (Å²) in [6, 6.07) is 12.0. The van der Waals surface area contributed by atoms with Gasteiger partial charge in [-0.1, -0.05) is 32.0 Å². The molecular formula is C16H17FN2O2. The van der Waals surface area contributed by atoms with E-state index in [0.29, 0.717) is 18.0 Å². The first-order valence-electron chi connectivity index (χ1n) is 6.74. The van der Waals surface area contributed by atoms with Crippen LogP contribution in [0.3, 0.4) is 0 Å². The highest BCUT2D eigenvalue weighted by molar-refractivity contribution is 5.46.